The van der Waals surface area contributed by atoms with Crippen LogP contribution < -0.4 is 16.0 Å². The van der Waals surface area contributed by atoms with E-state index < -0.39 is 0 Å². The summed E-state index contributed by atoms with van der Waals surface area (Å²) in [4.78, 5) is 29.4. The van der Waals surface area contributed by atoms with E-state index in [1.54, 1.807) is 36.4 Å². The smallest absolute Gasteiger partial charge is 0.258 e. The van der Waals surface area contributed by atoms with Crippen molar-refractivity contribution < 1.29 is 9.59 Å². The highest BCUT2D eigenvalue weighted by atomic mass is 35.5. The third-order valence-electron chi connectivity index (χ3n) is 5.50. The Morgan fingerprint density at radius 2 is 1.79 bits per heavy atom. The highest BCUT2D eigenvalue weighted by Gasteiger charge is 2.57. The molecule has 4 rings (SSSR count). The summed E-state index contributed by atoms with van der Waals surface area (Å²) in [5, 5.41) is 9.53. The summed E-state index contributed by atoms with van der Waals surface area (Å²) in [6.07, 6.45) is 4.48. The van der Waals surface area contributed by atoms with E-state index in [0.717, 1.165) is 32.4 Å². The predicted octanol–water partition coefficient (Wildman–Crippen LogP) is 4.16. The number of carbonyl (C=O) groups excluding carboxylic acids is 2. The van der Waals surface area contributed by atoms with Crippen LogP contribution in [0.1, 0.15) is 29.6 Å². The van der Waals surface area contributed by atoms with Crippen molar-refractivity contribution in [1.82, 2.24) is 10.3 Å². The Hall–Kier alpha value is -1.86. The van der Waals surface area contributed by atoms with E-state index in [-0.39, 0.29) is 48.0 Å². The van der Waals surface area contributed by atoms with E-state index >= 15 is 0 Å². The number of nitrogens with zero attached hydrogens (tertiary/aromatic N) is 1. The zero-order valence-corrected chi connectivity index (χ0v) is 18.0. The molecule has 2 fully saturated rings. The number of hydrogen-bond acceptors (Lipinski definition) is 4. The van der Waals surface area contributed by atoms with Gasteiger partial charge in [-0.15, -0.1) is 24.8 Å². The normalized spacial score (nSPS) is 18.7. The van der Waals surface area contributed by atoms with E-state index in [9.17, 15) is 9.59 Å². The zero-order chi connectivity index (χ0) is 18.9. The van der Waals surface area contributed by atoms with Crippen LogP contribution in [-0.2, 0) is 4.79 Å². The molecule has 0 bridgehead atoms. The summed E-state index contributed by atoms with van der Waals surface area (Å²) in [5.41, 5.74) is 1.08. The summed E-state index contributed by atoms with van der Waals surface area (Å²) < 4.78 is 0. The van der Waals surface area contributed by atoms with Crippen LogP contribution in [0.3, 0.4) is 0 Å². The Bertz CT molecular complexity index is 870. The van der Waals surface area contributed by atoms with Gasteiger partial charge < -0.3 is 16.0 Å². The number of aromatic nitrogens is 1. The van der Waals surface area contributed by atoms with Crippen molar-refractivity contribution >= 4 is 59.7 Å². The molecule has 1 saturated carbocycles. The van der Waals surface area contributed by atoms with Crippen LogP contribution in [0.4, 0.5) is 11.5 Å². The van der Waals surface area contributed by atoms with Gasteiger partial charge in [-0.2, -0.15) is 0 Å². The maximum absolute atomic E-state index is 12.7. The SMILES string of the molecule is Cl.Cl.O=C(Nc1ccc(Cl)cn1)c1ccccc1NC(=O)C1CC12CCNCC2. The molecule has 2 aliphatic rings. The quantitative estimate of drug-likeness (QED) is 0.644. The monoisotopic (exact) mass is 456 g/mol. The van der Waals surface area contributed by atoms with Gasteiger partial charge in [0.25, 0.3) is 5.91 Å². The Morgan fingerprint density at radius 1 is 1.07 bits per heavy atom. The maximum Gasteiger partial charge on any atom is 0.258 e. The van der Waals surface area contributed by atoms with Crippen molar-refractivity contribution in [2.75, 3.05) is 23.7 Å². The van der Waals surface area contributed by atoms with Crippen LogP contribution in [0.25, 0.3) is 0 Å². The molecular weight excluding hydrogens is 435 g/mol. The van der Waals surface area contributed by atoms with Crippen LogP contribution in [0.5, 0.6) is 0 Å². The molecule has 1 aliphatic carbocycles. The van der Waals surface area contributed by atoms with Crippen molar-refractivity contribution in [3.8, 4) is 0 Å². The summed E-state index contributed by atoms with van der Waals surface area (Å²) in [7, 11) is 0. The van der Waals surface area contributed by atoms with Gasteiger partial charge in [0.1, 0.15) is 5.82 Å². The largest absolute Gasteiger partial charge is 0.325 e. The van der Waals surface area contributed by atoms with Crippen molar-refractivity contribution in [2.24, 2.45) is 11.3 Å². The molecule has 1 spiro atoms. The summed E-state index contributed by atoms with van der Waals surface area (Å²) in [6, 6.07) is 10.3. The lowest BCUT2D eigenvalue weighted by molar-refractivity contribution is -0.118. The molecule has 3 N–H and O–H groups in total. The van der Waals surface area contributed by atoms with E-state index in [1.807, 2.05) is 0 Å². The van der Waals surface area contributed by atoms with Crippen LogP contribution in [0.15, 0.2) is 42.6 Å². The van der Waals surface area contributed by atoms with Crippen molar-refractivity contribution in [2.45, 2.75) is 19.3 Å². The first kappa shape index (κ1) is 23.4. The first-order valence-electron chi connectivity index (χ1n) is 9.11. The van der Waals surface area contributed by atoms with E-state index in [2.05, 4.69) is 20.9 Å². The van der Waals surface area contributed by atoms with Gasteiger partial charge in [0, 0.05) is 12.1 Å². The number of hydrogen-bond donors (Lipinski definition) is 3. The minimum atomic E-state index is -0.326. The third kappa shape index (κ3) is 5.20. The predicted molar refractivity (Wildman–Crippen MR) is 119 cm³/mol. The van der Waals surface area contributed by atoms with Crippen LogP contribution in [-0.4, -0.2) is 29.9 Å². The molecule has 2 aromatic rings. The lowest BCUT2D eigenvalue weighted by Crippen LogP contribution is -2.31. The molecule has 2 heterocycles. The maximum atomic E-state index is 12.7. The molecule has 1 aliphatic heterocycles. The van der Waals surface area contributed by atoms with Gasteiger partial charge in [0.2, 0.25) is 5.91 Å². The molecule has 1 aromatic carbocycles. The second-order valence-electron chi connectivity index (χ2n) is 7.22. The fourth-order valence-electron chi connectivity index (χ4n) is 3.84. The van der Waals surface area contributed by atoms with Crippen molar-refractivity contribution in [1.29, 1.82) is 0 Å². The number of piperidine rings is 1. The van der Waals surface area contributed by atoms with E-state index in [1.165, 1.54) is 6.20 Å². The number of amides is 2. The molecule has 29 heavy (non-hydrogen) atoms. The second kappa shape index (κ2) is 9.76. The van der Waals surface area contributed by atoms with Gasteiger partial charge in [0.15, 0.2) is 0 Å². The van der Waals surface area contributed by atoms with Gasteiger partial charge in [-0.3, -0.25) is 9.59 Å². The second-order valence-corrected chi connectivity index (χ2v) is 7.66. The molecule has 2 amide bonds. The van der Waals surface area contributed by atoms with Gasteiger partial charge in [-0.1, -0.05) is 23.7 Å². The minimum absolute atomic E-state index is 0. The van der Waals surface area contributed by atoms with Gasteiger partial charge >= 0.3 is 0 Å². The molecule has 9 heteroatoms. The number of rotatable bonds is 4. The molecule has 1 aromatic heterocycles. The standard InChI is InChI=1S/C20H21ClN4O2.2ClH/c21-13-5-6-17(23-12-13)25-18(26)14-3-1-2-4-16(14)24-19(27)15-11-20(15)7-9-22-10-8-20;;/h1-6,12,15,22H,7-11H2,(H,24,27)(H,23,25,26);2*1H. The first-order valence-corrected chi connectivity index (χ1v) is 9.49. The Morgan fingerprint density at radius 3 is 2.48 bits per heavy atom. The average molecular weight is 458 g/mol. The molecule has 1 saturated heterocycles. The number of benzene rings is 1. The molecular formula is C20H23Cl3N4O2. The van der Waals surface area contributed by atoms with Crippen LogP contribution in [0, 0.1) is 11.3 Å². The molecule has 0 radical (unpaired) electrons. The molecule has 1 unspecified atom stereocenters. The number of anilines is 2. The number of carbonyl (C=O) groups is 2. The Kier molecular flexibility index (Phi) is 7.88. The summed E-state index contributed by atoms with van der Waals surface area (Å²) in [5.74, 6) is 0.116. The van der Waals surface area contributed by atoms with Crippen LogP contribution >= 0.6 is 36.4 Å². The zero-order valence-electron chi connectivity index (χ0n) is 15.6. The Balaban J connectivity index is 0.00000150. The molecule has 6 nitrogen and oxygen atoms in total. The van der Waals surface area contributed by atoms with Gasteiger partial charge in [-0.25, -0.2) is 4.98 Å². The van der Waals surface area contributed by atoms with Crippen molar-refractivity contribution in [3.63, 3.8) is 0 Å². The Labute approximate surface area is 187 Å². The highest BCUT2D eigenvalue weighted by Crippen LogP contribution is 2.58. The lowest BCUT2D eigenvalue weighted by Gasteiger charge is -2.23. The fourth-order valence-corrected chi connectivity index (χ4v) is 3.95. The fraction of sp³-hybridized carbons (Fsp3) is 0.350. The van der Waals surface area contributed by atoms with Crippen LogP contribution in [0.2, 0.25) is 5.02 Å². The number of pyridine rings is 1. The van der Waals surface area contributed by atoms with E-state index in [0.29, 0.717) is 22.1 Å². The third-order valence-corrected chi connectivity index (χ3v) is 5.73. The summed E-state index contributed by atoms with van der Waals surface area (Å²) >= 11 is 5.82. The number of halogens is 3. The molecule has 1 atom stereocenters. The minimum Gasteiger partial charge on any atom is -0.325 e. The van der Waals surface area contributed by atoms with Gasteiger partial charge in [-0.05, 0) is 62.0 Å². The lowest BCUT2D eigenvalue weighted by atomic mass is 9.91. The topological polar surface area (TPSA) is 83.1 Å². The molecule has 156 valence electrons. The van der Waals surface area contributed by atoms with E-state index in [4.69, 9.17) is 11.6 Å². The number of para-hydroxylation sites is 1. The van der Waals surface area contributed by atoms with Gasteiger partial charge in [0.05, 0.1) is 16.3 Å². The number of nitrogens with one attached hydrogen (secondary N) is 3. The van der Waals surface area contributed by atoms with Crippen molar-refractivity contribution in [3.05, 3.63) is 53.2 Å². The first-order chi connectivity index (χ1) is 13.1. The summed E-state index contributed by atoms with van der Waals surface area (Å²) in [6.45, 7) is 1.94. The highest BCUT2D eigenvalue weighted by molar-refractivity contribution is 6.30. The average Bonchev–Trinajstić information content (AvgIpc) is 3.37.